The molecule has 0 radical (unpaired) electrons. The lowest BCUT2D eigenvalue weighted by molar-refractivity contribution is 0.244. The van der Waals surface area contributed by atoms with E-state index in [1.807, 2.05) is 18.8 Å². The molecule has 0 spiro atoms. The smallest absolute Gasteiger partial charge is 0.217 e. The van der Waals surface area contributed by atoms with E-state index in [9.17, 15) is 0 Å². The van der Waals surface area contributed by atoms with E-state index in [-0.39, 0.29) is 0 Å². The number of benzene rings is 2. The van der Waals surface area contributed by atoms with Crippen LogP contribution in [-0.2, 0) is 13.2 Å². The van der Waals surface area contributed by atoms with Crippen LogP contribution < -0.4 is 4.90 Å². The summed E-state index contributed by atoms with van der Waals surface area (Å²) in [6.45, 7) is 3.58. The van der Waals surface area contributed by atoms with E-state index in [1.54, 1.807) is 0 Å². The summed E-state index contributed by atoms with van der Waals surface area (Å²) in [5.74, 6) is 0.804. The summed E-state index contributed by atoms with van der Waals surface area (Å²) < 4.78 is 2.47. The molecule has 0 saturated heterocycles. The number of nitrogens with zero attached hydrogens (tertiary/aromatic N) is 4. The van der Waals surface area contributed by atoms with E-state index in [4.69, 9.17) is 12.2 Å². The van der Waals surface area contributed by atoms with Crippen molar-refractivity contribution in [3.05, 3.63) is 64.4 Å². The Morgan fingerprint density at radius 2 is 1.65 bits per heavy atom. The predicted molar refractivity (Wildman–Crippen MR) is 110 cm³/mol. The molecule has 0 saturated carbocycles. The van der Waals surface area contributed by atoms with Crippen molar-refractivity contribution < 1.29 is 0 Å². The summed E-state index contributed by atoms with van der Waals surface area (Å²) in [5, 5.41) is 3.31. The van der Waals surface area contributed by atoms with Gasteiger partial charge in [-0.05, 0) is 43.9 Å². The van der Waals surface area contributed by atoms with Crippen LogP contribution in [0.2, 0.25) is 0 Å². The number of nitrogens with one attached hydrogen (secondary N) is 1. The van der Waals surface area contributed by atoms with Crippen LogP contribution in [0.5, 0.6) is 0 Å². The molecule has 0 atom stereocenters. The topological polar surface area (TPSA) is 40.1 Å². The summed E-state index contributed by atoms with van der Waals surface area (Å²) >= 11 is 5.42. The quantitative estimate of drug-likeness (QED) is 0.667. The van der Waals surface area contributed by atoms with E-state index in [0.29, 0.717) is 11.4 Å². The molecule has 3 rings (SSSR count). The Labute approximate surface area is 159 Å². The Hall–Kier alpha value is -2.44. The molecule has 136 valence electrons. The third-order valence-corrected chi connectivity index (χ3v) is 4.60. The van der Waals surface area contributed by atoms with Gasteiger partial charge in [0.1, 0.15) is 0 Å². The highest BCUT2D eigenvalue weighted by molar-refractivity contribution is 7.71. The third-order valence-electron chi connectivity index (χ3n) is 4.29. The van der Waals surface area contributed by atoms with Crippen molar-refractivity contribution in [2.75, 3.05) is 26.0 Å². The number of H-pyrrole nitrogens is 1. The zero-order chi connectivity index (χ0) is 18.7. The van der Waals surface area contributed by atoms with Crippen molar-refractivity contribution in [3.63, 3.8) is 0 Å². The molecule has 1 heterocycles. The molecular weight excluding hydrogens is 342 g/mol. The fourth-order valence-electron chi connectivity index (χ4n) is 2.80. The summed E-state index contributed by atoms with van der Waals surface area (Å²) in [6, 6.07) is 16.9. The minimum absolute atomic E-state index is 0.565. The van der Waals surface area contributed by atoms with Crippen molar-refractivity contribution in [1.82, 2.24) is 19.7 Å². The fourth-order valence-corrected chi connectivity index (χ4v) is 2.99. The second-order valence-electron chi connectivity index (χ2n) is 6.87. The van der Waals surface area contributed by atoms with Gasteiger partial charge in [-0.3, -0.25) is 10.00 Å². The van der Waals surface area contributed by atoms with Crippen LogP contribution in [0.15, 0.2) is 48.5 Å². The predicted octanol–water partition coefficient (Wildman–Crippen LogP) is 4.07. The van der Waals surface area contributed by atoms with Gasteiger partial charge in [-0.15, -0.1) is 0 Å². The minimum Gasteiger partial charge on any atom is -0.378 e. The highest BCUT2D eigenvalue weighted by atomic mass is 32.1. The van der Waals surface area contributed by atoms with Crippen LogP contribution in [0.3, 0.4) is 0 Å². The SMILES string of the molecule is Cc1ccc(-c2nc(=S)n(CN(C)Cc3ccc(N(C)C)cc3)[nH]2)cc1. The maximum atomic E-state index is 5.42. The van der Waals surface area contributed by atoms with Crippen LogP contribution in [0, 0.1) is 11.7 Å². The molecule has 26 heavy (non-hydrogen) atoms. The highest BCUT2D eigenvalue weighted by Gasteiger charge is 2.08. The summed E-state index contributed by atoms with van der Waals surface area (Å²) in [4.78, 5) is 8.80. The van der Waals surface area contributed by atoms with Gasteiger partial charge in [-0.1, -0.05) is 42.0 Å². The molecule has 0 bridgehead atoms. The number of rotatable bonds is 6. The molecule has 0 amide bonds. The maximum absolute atomic E-state index is 5.42. The van der Waals surface area contributed by atoms with Crippen LogP contribution in [-0.4, -0.2) is 40.8 Å². The summed E-state index contributed by atoms with van der Waals surface area (Å²) in [7, 11) is 6.17. The van der Waals surface area contributed by atoms with Gasteiger partial charge in [0.15, 0.2) is 5.82 Å². The first-order valence-corrected chi connectivity index (χ1v) is 9.02. The molecule has 0 aliphatic carbocycles. The van der Waals surface area contributed by atoms with Gasteiger partial charge in [0.05, 0.1) is 6.67 Å². The van der Waals surface area contributed by atoms with Gasteiger partial charge < -0.3 is 4.90 Å². The molecule has 0 unspecified atom stereocenters. The Bertz CT molecular complexity index is 907. The van der Waals surface area contributed by atoms with E-state index >= 15 is 0 Å². The van der Waals surface area contributed by atoms with Crippen LogP contribution in [0.1, 0.15) is 11.1 Å². The lowest BCUT2D eigenvalue weighted by atomic mass is 10.1. The average Bonchev–Trinajstić information content (AvgIpc) is 2.96. The van der Waals surface area contributed by atoms with Gasteiger partial charge in [0, 0.05) is 31.9 Å². The third kappa shape index (κ3) is 4.39. The second-order valence-corrected chi connectivity index (χ2v) is 7.23. The zero-order valence-electron chi connectivity index (χ0n) is 15.7. The molecule has 6 heteroatoms. The van der Waals surface area contributed by atoms with E-state index in [2.05, 4.69) is 82.4 Å². The maximum Gasteiger partial charge on any atom is 0.217 e. The number of hydrogen-bond acceptors (Lipinski definition) is 4. The Morgan fingerprint density at radius 1 is 1.00 bits per heavy atom. The number of anilines is 1. The molecule has 0 aliphatic rings. The molecule has 0 aliphatic heterocycles. The van der Waals surface area contributed by atoms with Crippen molar-refractivity contribution in [2.24, 2.45) is 0 Å². The van der Waals surface area contributed by atoms with Gasteiger partial charge in [-0.25, -0.2) is 4.68 Å². The number of aromatic nitrogens is 3. The Kier molecular flexibility index (Phi) is 5.54. The first-order valence-electron chi connectivity index (χ1n) is 8.61. The van der Waals surface area contributed by atoms with Crippen molar-refractivity contribution in [2.45, 2.75) is 20.1 Å². The van der Waals surface area contributed by atoms with Crippen LogP contribution in [0.4, 0.5) is 5.69 Å². The normalized spacial score (nSPS) is 11.1. The van der Waals surface area contributed by atoms with Gasteiger partial charge >= 0.3 is 0 Å². The largest absolute Gasteiger partial charge is 0.378 e. The van der Waals surface area contributed by atoms with Crippen LogP contribution in [0.25, 0.3) is 11.4 Å². The second kappa shape index (κ2) is 7.85. The van der Waals surface area contributed by atoms with Crippen molar-refractivity contribution in [1.29, 1.82) is 0 Å². The van der Waals surface area contributed by atoms with Crippen LogP contribution >= 0.6 is 12.2 Å². The molecule has 1 N–H and O–H groups in total. The fraction of sp³-hybridized carbons (Fsp3) is 0.300. The van der Waals surface area contributed by atoms with E-state index in [1.165, 1.54) is 16.8 Å². The number of aryl methyl sites for hydroxylation is 1. The first kappa shape index (κ1) is 18.4. The Balaban J connectivity index is 1.68. The summed E-state index contributed by atoms with van der Waals surface area (Å²) in [5.41, 5.74) is 4.74. The molecule has 1 aromatic heterocycles. The van der Waals surface area contributed by atoms with Crippen molar-refractivity contribution in [3.8, 4) is 11.4 Å². The lowest BCUT2D eigenvalue weighted by Crippen LogP contribution is -2.22. The zero-order valence-corrected chi connectivity index (χ0v) is 16.5. The number of aromatic amines is 1. The molecular formula is C20H25N5S. The molecule has 0 fully saturated rings. The standard InChI is InChI=1S/C20H25N5S/c1-15-5-9-17(10-6-15)19-21-20(26)25(22-19)14-24(4)13-16-7-11-18(12-8-16)23(2)3/h5-12H,13-14H2,1-4H3,(H,21,22,26). The van der Waals surface area contributed by atoms with Crippen molar-refractivity contribution >= 4 is 17.9 Å². The molecule has 5 nitrogen and oxygen atoms in total. The highest BCUT2D eigenvalue weighted by Crippen LogP contribution is 2.16. The molecule has 3 aromatic rings. The van der Waals surface area contributed by atoms with E-state index in [0.717, 1.165) is 17.9 Å². The molecule has 2 aromatic carbocycles. The monoisotopic (exact) mass is 367 g/mol. The van der Waals surface area contributed by atoms with Gasteiger partial charge in [-0.2, -0.15) is 4.98 Å². The number of hydrogen-bond donors (Lipinski definition) is 1. The van der Waals surface area contributed by atoms with Gasteiger partial charge in [0.25, 0.3) is 0 Å². The Morgan fingerprint density at radius 3 is 2.27 bits per heavy atom. The average molecular weight is 368 g/mol. The van der Waals surface area contributed by atoms with Gasteiger partial charge in [0.2, 0.25) is 4.77 Å². The first-order chi connectivity index (χ1) is 12.4. The summed E-state index contributed by atoms with van der Waals surface area (Å²) in [6.07, 6.45) is 0. The minimum atomic E-state index is 0.565. The lowest BCUT2D eigenvalue weighted by Gasteiger charge is -2.18. The van der Waals surface area contributed by atoms with E-state index < -0.39 is 0 Å².